The molecule has 0 spiro atoms. The fraction of sp³-hybridized carbons (Fsp3) is 0.818. The zero-order valence-corrected chi connectivity index (χ0v) is 10.9. The maximum Gasteiger partial charge on any atom is 0.320 e. The third-order valence-corrected chi connectivity index (χ3v) is 2.55. The van der Waals surface area contributed by atoms with E-state index in [2.05, 4.69) is 0 Å². The Labute approximate surface area is 102 Å². The van der Waals surface area contributed by atoms with Crippen molar-refractivity contribution in [2.75, 3.05) is 0 Å². The Kier molecular flexibility index (Phi) is 9.60. The molecule has 102 valence electrons. The minimum Gasteiger partial charge on any atom is -0.480 e. The standard InChI is InChI=1S/C6H13NO2.C5H11NO2/c1-3-4(2)5(7)6(8)9;1-3(2)4(6)5(7)8/h4-5H,3,7H2,1-2H3,(H,8,9);3-4H,6H2,1-2H3,(H,7,8)/t4?,5-;4-/m00/s1. The molecule has 0 aromatic carbocycles. The van der Waals surface area contributed by atoms with Gasteiger partial charge in [0.1, 0.15) is 12.1 Å². The molecule has 0 saturated carbocycles. The van der Waals surface area contributed by atoms with Crippen molar-refractivity contribution in [2.45, 2.75) is 46.2 Å². The molecule has 0 heterocycles. The molecule has 0 bridgehead atoms. The van der Waals surface area contributed by atoms with Crippen LogP contribution in [-0.4, -0.2) is 34.2 Å². The number of carbonyl (C=O) groups is 2. The van der Waals surface area contributed by atoms with E-state index in [1.54, 1.807) is 13.8 Å². The lowest BCUT2D eigenvalue weighted by Crippen LogP contribution is -2.36. The molecule has 1 unspecified atom stereocenters. The van der Waals surface area contributed by atoms with Crippen molar-refractivity contribution in [3.8, 4) is 0 Å². The van der Waals surface area contributed by atoms with Gasteiger partial charge in [0, 0.05) is 0 Å². The number of hydrogen-bond acceptors (Lipinski definition) is 4. The van der Waals surface area contributed by atoms with Gasteiger partial charge in [-0.2, -0.15) is 0 Å². The Morgan fingerprint density at radius 3 is 1.41 bits per heavy atom. The van der Waals surface area contributed by atoms with Gasteiger partial charge >= 0.3 is 11.9 Å². The van der Waals surface area contributed by atoms with Gasteiger partial charge in [-0.15, -0.1) is 0 Å². The summed E-state index contributed by atoms with van der Waals surface area (Å²) in [4.78, 5) is 20.2. The summed E-state index contributed by atoms with van der Waals surface area (Å²) in [5.41, 5.74) is 10.4. The fourth-order valence-electron chi connectivity index (χ4n) is 0.782. The first-order valence-corrected chi connectivity index (χ1v) is 5.61. The van der Waals surface area contributed by atoms with E-state index in [4.69, 9.17) is 21.7 Å². The molecule has 0 aliphatic heterocycles. The topological polar surface area (TPSA) is 127 Å². The summed E-state index contributed by atoms with van der Waals surface area (Å²) in [7, 11) is 0. The normalized spacial score (nSPS) is 15.5. The molecule has 0 saturated heterocycles. The largest absolute Gasteiger partial charge is 0.480 e. The van der Waals surface area contributed by atoms with Crippen LogP contribution in [0.4, 0.5) is 0 Å². The second kappa shape index (κ2) is 8.95. The van der Waals surface area contributed by atoms with Crippen molar-refractivity contribution in [2.24, 2.45) is 23.3 Å². The Hall–Kier alpha value is -1.14. The Morgan fingerprint density at radius 2 is 1.35 bits per heavy atom. The Morgan fingerprint density at radius 1 is 1.00 bits per heavy atom. The quantitative estimate of drug-likeness (QED) is 0.561. The molecule has 0 aromatic heterocycles. The van der Waals surface area contributed by atoms with E-state index in [-0.39, 0.29) is 11.8 Å². The number of nitrogens with two attached hydrogens (primary N) is 2. The molecule has 0 fully saturated rings. The molecule has 6 heteroatoms. The average Bonchev–Trinajstić information content (AvgIpc) is 2.26. The molecule has 0 amide bonds. The van der Waals surface area contributed by atoms with Crippen LogP contribution >= 0.6 is 0 Å². The molecule has 0 aliphatic carbocycles. The van der Waals surface area contributed by atoms with Crippen molar-refractivity contribution in [1.82, 2.24) is 0 Å². The molecule has 0 aliphatic rings. The van der Waals surface area contributed by atoms with E-state index >= 15 is 0 Å². The van der Waals surface area contributed by atoms with Crippen molar-refractivity contribution in [3.63, 3.8) is 0 Å². The fourth-order valence-corrected chi connectivity index (χ4v) is 0.782. The first kappa shape index (κ1) is 18.2. The van der Waals surface area contributed by atoms with E-state index in [1.807, 2.05) is 13.8 Å². The summed E-state index contributed by atoms with van der Waals surface area (Å²) in [6.07, 6.45) is 0.813. The predicted molar refractivity (Wildman–Crippen MR) is 65.5 cm³/mol. The molecule has 6 N–H and O–H groups in total. The van der Waals surface area contributed by atoms with Crippen molar-refractivity contribution < 1.29 is 19.8 Å². The third kappa shape index (κ3) is 8.65. The molecule has 17 heavy (non-hydrogen) atoms. The Bertz CT molecular complexity index is 244. The van der Waals surface area contributed by atoms with Crippen LogP contribution in [0.5, 0.6) is 0 Å². The molecule has 6 nitrogen and oxygen atoms in total. The van der Waals surface area contributed by atoms with Gasteiger partial charge < -0.3 is 21.7 Å². The summed E-state index contributed by atoms with van der Waals surface area (Å²) in [6, 6.07) is -1.41. The second-order valence-corrected chi connectivity index (χ2v) is 4.36. The van der Waals surface area contributed by atoms with Gasteiger partial charge in [0.05, 0.1) is 0 Å². The lowest BCUT2D eigenvalue weighted by molar-refractivity contribution is -0.140. The first-order chi connectivity index (χ1) is 7.64. The highest BCUT2D eigenvalue weighted by Crippen LogP contribution is 2.04. The lowest BCUT2D eigenvalue weighted by atomic mass is 10.0. The Balaban J connectivity index is 0. The van der Waals surface area contributed by atoms with Crippen LogP contribution in [0.2, 0.25) is 0 Å². The highest BCUT2D eigenvalue weighted by molar-refractivity contribution is 5.73. The van der Waals surface area contributed by atoms with Crippen LogP contribution in [0, 0.1) is 11.8 Å². The number of hydrogen-bond donors (Lipinski definition) is 4. The van der Waals surface area contributed by atoms with Gasteiger partial charge in [-0.3, -0.25) is 9.59 Å². The summed E-state index contributed by atoms with van der Waals surface area (Å²) < 4.78 is 0. The highest BCUT2D eigenvalue weighted by Gasteiger charge is 2.17. The molecular formula is C11H24N2O4. The van der Waals surface area contributed by atoms with Crippen LogP contribution in [0.15, 0.2) is 0 Å². The van der Waals surface area contributed by atoms with Crippen LogP contribution in [-0.2, 0) is 9.59 Å². The summed E-state index contributed by atoms with van der Waals surface area (Å²) in [6.45, 7) is 7.31. The maximum absolute atomic E-state index is 10.2. The number of aliphatic carboxylic acids is 2. The lowest BCUT2D eigenvalue weighted by Gasteiger charge is -2.11. The maximum atomic E-state index is 10.2. The van der Waals surface area contributed by atoms with Crippen LogP contribution in [0.1, 0.15) is 34.1 Å². The second-order valence-electron chi connectivity index (χ2n) is 4.36. The van der Waals surface area contributed by atoms with Crippen LogP contribution in [0.3, 0.4) is 0 Å². The van der Waals surface area contributed by atoms with E-state index < -0.39 is 24.0 Å². The smallest absolute Gasteiger partial charge is 0.320 e. The number of carboxylic acids is 2. The van der Waals surface area contributed by atoms with E-state index in [9.17, 15) is 9.59 Å². The molecule has 0 radical (unpaired) electrons. The third-order valence-electron chi connectivity index (χ3n) is 2.55. The van der Waals surface area contributed by atoms with E-state index in [1.165, 1.54) is 0 Å². The van der Waals surface area contributed by atoms with Gasteiger partial charge in [0.2, 0.25) is 0 Å². The minimum atomic E-state index is -0.931. The minimum absolute atomic E-state index is 0.0208. The van der Waals surface area contributed by atoms with Gasteiger partial charge in [0.25, 0.3) is 0 Å². The molecule has 0 rings (SSSR count). The number of rotatable bonds is 5. The molecular weight excluding hydrogens is 224 g/mol. The van der Waals surface area contributed by atoms with Gasteiger partial charge in [-0.05, 0) is 11.8 Å². The molecule has 0 aromatic rings. The van der Waals surface area contributed by atoms with Gasteiger partial charge in [-0.25, -0.2) is 0 Å². The zero-order chi connectivity index (χ0) is 14.2. The van der Waals surface area contributed by atoms with Crippen LogP contribution in [0.25, 0.3) is 0 Å². The van der Waals surface area contributed by atoms with E-state index in [0.29, 0.717) is 0 Å². The van der Waals surface area contributed by atoms with Crippen LogP contribution < -0.4 is 11.5 Å². The SMILES string of the molecule is CC(C)[C@H](N)C(=O)O.CCC(C)[C@H](N)C(=O)O. The summed E-state index contributed by atoms with van der Waals surface area (Å²) in [5.74, 6) is -1.75. The average molecular weight is 248 g/mol. The monoisotopic (exact) mass is 248 g/mol. The predicted octanol–water partition coefficient (Wildman–Crippen LogP) is 0.499. The summed E-state index contributed by atoms with van der Waals surface area (Å²) in [5, 5.41) is 16.6. The van der Waals surface area contributed by atoms with Gasteiger partial charge in [-0.1, -0.05) is 34.1 Å². The number of carboxylic acid groups (broad SMARTS) is 2. The van der Waals surface area contributed by atoms with Crippen molar-refractivity contribution >= 4 is 11.9 Å². The highest BCUT2D eigenvalue weighted by atomic mass is 16.4. The van der Waals surface area contributed by atoms with Crippen molar-refractivity contribution in [1.29, 1.82) is 0 Å². The van der Waals surface area contributed by atoms with Crippen molar-refractivity contribution in [3.05, 3.63) is 0 Å². The van der Waals surface area contributed by atoms with Gasteiger partial charge in [0.15, 0.2) is 0 Å². The first-order valence-electron chi connectivity index (χ1n) is 5.61. The summed E-state index contributed by atoms with van der Waals surface area (Å²) >= 11 is 0. The van der Waals surface area contributed by atoms with E-state index in [0.717, 1.165) is 6.42 Å². The zero-order valence-electron chi connectivity index (χ0n) is 10.9. The molecule has 3 atom stereocenters.